The Morgan fingerprint density at radius 3 is 2.54 bits per heavy atom. The standard InChI is InChI=1S/C18H36N4O.HI/c1-5-15-7-6-8-16(13-15)21-17(19-2)20-14-18(22(3)4)9-11-23-12-10-18;/h15-16H,5-14H2,1-4H3,(H2,19,20,21);1H. The molecule has 0 aromatic heterocycles. The van der Waals surface area contributed by atoms with Crippen molar-refractivity contribution >= 4 is 29.9 Å². The third-order valence-electron chi connectivity index (χ3n) is 5.88. The van der Waals surface area contributed by atoms with E-state index in [9.17, 15) is 0 Å². The Labute approximate surface area is 165 Å². The summed E-state index contributed by atoms with van der Waals surface area (Å²) in [6.07, 6.45) is 8.73. The van der Waals surface area contributed by atoms with Gasteiger partial charge >= 0.3 is 0 Å². The Morgan fingerprint density at radius 2 is 1.96 bits per heavy atom. The van der Waals surface area contributed by atoms with Crippen molar-refractivity contribution in [1.29, 1.82) is 0 Å². The summed E-state index contributed by atoms with van der Waals surface area (Å²) in [4.78, 5) is 6.80. The number of ether oxygens (including phenoxy) is 1. The van der Waals surface area contributed by atoms with Crippen molar-refractivity contribution in [2.24, 2.45) is 10.9 Å². The minimum absolute atomic E-state index is 0. The molecule has 1 saturated heterocycles. The van der Waals surface area contributed by atoms with Gasteiger partial charge in [-0.15, -0.1) is 24.0 Å². The second kappa shape index (κ2) is 10.8. The summed E-state index contributed by atoms with van der Waals surface area (Å²) in [5, 5.41) is 7.24. The maximum absolute atomic E-state index is 5.55. The molecule has 0 aromatic carbocycles. The maximum atomic E-state index is 5.55. The molecule has 2 atom stereocenters. The Morgan fingerprint density at radius 1 is 1.25 bits per heavy atom. The van der Waals surface area contributed by atoms with Crippen LogP contribution in [0.3, 0.4) is 0 Å². The van der Waals surface area contributed by atoms with Crippen LogP contribution in [0.2, 0.25) is 0 Å². The third kappa shape index (κ3) is 6.02. The fraction of sp³-hybridized carbons (Fsp3) is 0.944. The van der Waals surface area contributed by atoms with Gasteiger partial charge in [0.2, 0.25) is 0 Å². The molecule has 1 saturated carbocycles. The lowest BCUT2D eigenvalue weighted by Crippen LogP contribution is -2.57. The molecule has 2 unspecified atom stereocenters. The predicted octanol–water partition coefficient (Wildman–Crippen LogP) is 2.85. The van der Waals surface area contributed by atoms with Crippen LogP contribution in [-0.2, 0) is 4.74 Å². The highest BCUT2D eigenvalue weighted by molar-refractivity contribution is 14.0. The average Bonchev–Trinajstić information content (AvgIpc) is 2.59. The largest absolute Gasteiger partial charge is 0.381 e. The highest BCUT2D eigenvalue weighted by Crippen LogP contribution is 2.27. The van der Waals surface area contributed by atoms with Crippen LogP contribution in [0.15, 0.2) is 4.99 Å². The minimum Gasteiger partial charge on any atom is -0.381 e. The lowest BCUT2D eigenvalue weighted by molar-refractivity contribution is -0.00504. The monoisotopic (exact) mass is 452 g/mol. The summed E-state index contributed by atoms with van der Waals surface area (Å²) in [6, 6.07) is 0.574. The SMILES string of the molecule is CCC1CCCC(NC(=NC)NCC2(N(C)C)CCOCC2)C1.I. The van der Waals surface area contributed by atoms with E-state index in [1.54, 1.807) is 0 Å². The fourth-order valence-corrected chi connectivity index (χ4v) is 3.96. The molecule has 0 radical (unpaired) electrons. The maximum Gasteiger partial charge on any atom is 0.191 e. The molecule has 0 aromatic rings. The zero-order valence-electron chi connectivity index (χ0n) is 15.9. The number of guanidine groups is 1. The number of hydrogen-bond acceptors (Lipinski definition) is 3. The summed E-state index contributed by atoms with van der Waals surface area (Å²) in [7, 11) is 6.23. The normalized spacial score (nSPS) is 27.5. The van der Waals surface area contributed by atoms with E-state index in [1.165, 1.54) is 32.1 Å². The first-order chi connectivity index (χ1) is 11.1. The Kier molecular flexibility index (Phi) is 9.89. The summed E-state index contributed by atoms with van der Waals surface area (Å²) in [6.45, 7) is 4.94. The van der Waals surface area contributed by atoms with Gasteiger partial charge in [0.25, 0.3) is 0 Å². The van der Waals surface area contributed by atoms with Gasteiger partial charge in [-0.05, 0) is 45.7 Å². The highest BCUT2D eigenvalue weighted by atomic mass is 127. The van der Waals surface area contributed by atoms with Gasteiger partial charge in [-0.3, -0.25) is 4.99 Å². The second-order valence-corrected chi connectivity index (χ2v) is 7.44. The molecule has 5 nitrogen and oxygen atoms in total. The van der Waals surface area contributed by atoms with Crippen LogP contribution in [0.1, 0.15) is 51.9 Å². The molecule has 24 heavy (non-hydrogen) atoms. The van der Waals surface area contributed by atoms with E-state index in [1.807, 2.05) is 7.05 Å². The van der Waals surface area contributed by atoms with E-state index >= 15 is 0 Å². The highest BCUT2D eigenvalue weighted by Gasteiger charge is 2.35. The zero-order valence-corrected chi connectivity index (χ0v) is 18.3. The van der Waals surface area contributed by atoms with Crippen molar-refractivity contribution in [3.63, 3.8) is 0 Å². The van der Waals surface area contributed by atoms with E-state index < -0.39 is 0 Å². The predicted molar refractivity (Wildman–Crippen MR) is 112 cm³/mol. The topological polar surface area (TPSA) is 48.9 Å². The van der Waals surface area contributed by atoms with Crippen molar-refractivity contribution in [2.45, 2.75) is 63.5 Å². The van der Waals surface area contributed by atoms with Gasteiger partial charge in [0.1, 0.15) is 0 Å². The van der Waals surface area contributed by atoms with Crippen LogP contribution in [-0.4, -0.2) is 63.3 Å². The van der Waals surface area contributed by atoms with E-state index in [2.05, 4.69) is 41.5 Å². The lowest BCUT2D eigenvalue weighted by Gasteiger charge is -2.43. The van der Waals surface area contributed by atoms with E-state index in [4.69, 9.17) is 4.74 Å². The average molecular weight is 452 g/mol. The summed E-state index contributed by atoms with van der Waals surface area (Å²) in [5.74, 6) is 1.84. The number of halogens is 1. The molecule has 0 bridgehead atoms. The van der Waals surface area contributed by atoms with Crippen molar-refractivity contribution < 1.29 is 4.74 Å². The fourth-order valence-electron chi connectivity index (χ4n) is 3.96. The van der Waals surface area contributed by atoms with Crippen LogP contribution in [0.5, 0.6) is 0 Å². The lowest BCUT2D eigenvalue weighted by atomic mass is 9.84. The van der Waals surface area contributed by atoms with Crippen LogP contribution < -0.4 is 10.6 Å². The molecule has 2 fully saturated rings. The van der Waals surface area contributed by atoms with Crippen LogP contribution in [0.25, 0.3) is 0 Å². The smallest absolute Gasteiger partial charge is 0.191 e. The number of nitrogens with one attached hydrogen (secondary N) is 2. The van der Waals surface area contributed by atoms with Gasteiger partial charge in [-0.25, -0.2) is 0 Å². The number of rotatable bonds is 5. The first kappa shape index (κ1) is 22.0. The number of nitrogens with zero attached hydrogens (tertiary/aromatic N) is 2. The van der Waals surface area contributed by atoms with Gasteiger partial charge in [-0.1, -0.05) is 26.2 Å². The van der Waals surface area contributed by atoms with E-state index in [-0.39, 0.29) is 29.5 Å². The molecule has 1 aliphatic carbocycles. The van der Waals surface area contributed by atoms with Crippen LogP contribution >= 0.6 is 24.0 Å². The molecule has 0 spiro atoms. The number of hydrogen-bond donors (Lipinski definition) is 2. The number of aliphatic imine (C=N–C) groups is 1. The second-order valence-electron chi connectivity index (χ2n) is 7.44. The van der Waals surface area contributed by atoms with E-state index in [0.717, 1.165) is 44.5 Å². The molecule has 6 heteroatoms. The molecule has 1 heterocycles. The Hall–Kier alpha value is -0.0800. The van der Waals surface area contributed by atoms with Crippen molar-refractivity contribution in [3.8, 4) is 0 Å². The first-order valence-electron chi connectivity index (χ1n) is 9.32. The molecule has 2 N–H and O–H groups in total. The summed E-state index contributed by atoms with van der Waals surface area (Å²) >= 11 is 0. The van der Waals surface area contributed by atoms with Crippen LogP contribution in [0.4, 0.5) is 0 Å². The van der Waals surface area contributed by atoms with Gasteiger partial charge in [-0.2, -0.15) is 0 Å². The van der Waals surface area contributed by atoms with Gasteiger partial charge in [0, 0.05) is 38.4 Å². The molecule has 2 rings (SSSR count). The molecule has 0 amide bonds. The van der Waals surface area contributed by atoms with Crippen molar-refractivity contribution in [1.82, 2.24) is 15.5 Å². The molecular formula is C18H37IN4O. The summed E-state index contributed by atoms with van der Waals surface area (Å²) < 4.78 is 5.55. The van der Waals surface area contributed by atoms with E-state index in [0.29, 0.717) is 6.04 Å². The van der Waals surface area contributed by atoms with Crippen molar-refractivity contribution in [3.05, 3.63) is 0 Å². The Balaban J connectivity index is 0.00000288. The van der Waals surface area contributed by atoms with Crippen LogP contribution in [0, 0.1) is 5.92 Å². The molecule has 1 aliphatic heterocycles. The molecular weight excluding hydrogens is 415 g/mol. The van der Waals surface area contributed by atoms with Gasteiger partial charge in [0.15, 0.2) is 5.96 Å². The van der Waals surface area contributed by atoms with Crippen molar-refractivity contribution in [2.75, 3.05) is 40.9 Å². The third-order valence-corrected chi connectivity index (χ3v) is 5.88. The quantitative estimate of drug-likeness (QED) is 0.383. The zero-order chi connectivity index (χ0) is 16.7. The first-order valence-corrected chi connectivity index (χ1v) is 9.32. The number of likely N-dealkylation sites (N-methyl/N-ethyl adjacent to an activating group) is 1. The molecule has 2 aliphatic rings. The van der Waals surface area contributed by atoms with Gasteiger partial charge < -0.3 is 20.3 Å². The molecule has 142 valence electrons. The summed E-state index contributed by atoms with van der Waals surface area (Å²) in [5.41, 5.74) is 0.175. The minimum atomic E-state index is 0. The van der Waals surface area contributed by atoms with Gasteiger partial charge in [0.05, 0.1) is 0 Å². The Bertz CT molecular complexity index is 383.